The molecule has 0 bridgehead atoms. The first-order chi connectivity index (χ1) is 40.8. The Morgan fingerprint density at radius 3 is 0.894 bits per heavy atom. The van der Waals surface area contributed by atoms with Crippen LogP contribution in [-0.4, -0.2) is 96.7 Å². The van der Waals surface area contributed by atoms with Gasteiger partial charge in [0.25, 0.3) is 0 Å². The smallest absolute Gasteiger partial charge is 0.462 e. The number of unbranched alkanes of at least 4 members (excludes halogenated alkanes) is 31. The van der Waals surface area contributed by atoms with Gasteiger partial charge in [-0.05, 0) is 43.4 Å². The van der Waals surface area contributed by atoms with Crippen LogP contribution in [0.2, 0.25) is 0 Å². The molecule has 0 spiro atoms. The number of carbonyl (C=O) groups is 4. The standard InChI is InChI=1S/C66H128O17P2/c1-8-10-11-12-13-18-25-33-40-47-63(68)76-54-62(83-66(71)50-43-36-29-28-32-39-46-59(7)9-2)56-81-85(74,75)79-52-60(67)51-78-84(72,73)80-55-61(53-77-64(69)48-41-34-26-22-21-24-31-38-45-58(5)6)82-65(70)49-42-35-27-20-17-15-14-16-19-23-30-37-44-57(3)4/h57-62,67H,8-56H2,1-7H3,(H,72,73)(H,74,75)/t59?,60-,61-,62-/m1/s1. The fraction of sp³-hybridized carbons (Fsp3) is 0.939. The molecule has 6 atom stereocenters. The van der Waals surface area contributed by atoms with E-state index in [2.05, 4.69) is 48.5 Å². The monoisotopic (exact) mass is 1250 g/mol. The molecule has 0 aromatic rings. The number of hydrogen-bond acceptors (Lipinski definition) is 15. The average molecular weight is 1260 g/mol. The van der Waals surface area contributed by atoms with Gasteiger partial charge in [-0.2, -0.15) is 0 Å². The van der Waals surface area contributed by atoms with Crippen molar-refractivity contribution in [3.8, 4) is 0 Å². The van der Waals surface area contributed by atoms with E-state index in [4.69, 9.17) is 37.0 Å². The van der Waals surface area contributed by atoms with E-state index < -0.39 is 97.5 Å². The maximum absolute atomic E-state index is 13.0. The molecular weight excluding hydrogens is 1130 g/mol. The van der Waals surface area contributed by atoms with Crippen molar-refractivity contribution in [2.24, 2.45) is 17.8 Å². The van der Waals surface area contributed by atoms with Crippen molar-refractivity contribution in [1.29, 1.82) is 0 Å². The van der Waals surface area contributed by atoms with Gasteiger partial charge >= 0.3 is 39.5 Å². The lowest BCUT2D eigenvalue weighted by Crippen LogP contribution is -2.30. The molecule has 0 aromatic heterocycles. The highest BCUT2D eigenvalue weighted by molar-refractivity contribution is 7.47. The quantitative estimate of drug-likeness (QED) is 0.0222. The summed E-state index contributed by atoms with van der Waals surface area (Å²) in [5, 5.41) is 10.5. The van der Waals surface area contributed by atoms with Crippen LogP contribution in [0.15, 0.2) is 0 Å². The lowest BCUT2D eigenvalue weighted by molar-refractivity contribution is -0.161. The number of ether oxygens (including phenoxy) is 4. The van der Waals surface area contributed by atoms with E-state index in [0.717, 1.165) is 108 Å². The number of phosphoric ester groups is 2. The van der Waals surface area contributed by atoms with Crippen LogP contribution < -0.4 is 0 Å². The Morgan fingerprint density at radius 1 is 0.341 bits per heavy atom. The third-order valence-corrected chi connectivity index (χ3v) is 17.4. The molecule has 0 aliphatic heterocycles. The van der Waals surface area contributed by atoms with Crippen LogP contribution in [-0.2, 0) is 65.4 Å². The molecule has 0 aliphatic rings. The molecule has 0 saturated heterocycles. The Labute approximate surface area is 517 Å². The maximum Gasteiger partial charge on any atom is 0.472 e. The summed E-state index contributed by atoms with van der Waals surface area (Å²) in [7, 11) is -9.89. The first kappa shape index (κ1) is 83.1. The molecule has 504 valence electrons. The Kier molecular flexibility index (Phi) is 55.9. The molecule has 0 saturated carbocycles. The summed E-state index contributed by atoms with van der Waals surface area (Å²) in [4.78, 5) is 72.3. The number of rotatable bonds is 64. The van der Waals surface area contributed by atoms with E-state index in [0.29, 0.717) is 25.7 Å². The highest BCUT2D eigenvalue weighted by Crippen LogP contribution is 2.45. The number of hydrogen-bond donors (Lipinski definition) is 3. The summed E-state index contributed by atoms with van der Waals surface area (Å²) in [6, 6.07) is 0. The van der Waals surface area contributed by atoms with E-state index in [9.17, 15) is 43.2 Å². The number of phosphoric acid groups is 2. The van der Waals surface area contributed by atoms with E-state index in [1.807, 2.05) is 0 Å². The highest BCUT2D eigenvalue weighted by atomic mass is 31.2. The van der Waals surface area contributed by atoms with E-state index in [1.165, 1.54) is 135 Å². The molecule has 0 amide bonds. The second kappa shape index (κ2) is 57.2. The summed E-state index contributed by atoms with van der Waals surface area (Å²) in [6.07, 6.45) is 39.0. The van der Waals surface area contributed by atoms with Crippen LogP contribution in [0.25, 0.3) is 0 Å². The van der Waals surface area contributed by atoms with Crippen LogP contribution in [0.1, 0.15) is 325 Å². The zero-order chi connectivity index (χ0) is 63.1. The van der Waals surface area contributed by atoms with E-state index in [-0.39, 0.29) is 25.7 Å². The maximum atomic E-state index is 13.0. The molecule has 0 aromatic carbocycles. The van der Waals surface area contributed by atoms with Gasteiger partial charge in [0, 0.05) is 25.7 Å². The topological polar surface area (TPSA) is 237 Å². The summed E-state index contributed by atoms with van der Waals surface area (Å²) < 4.78 is 68.1. The molecule has 0 aliphatic carbocycles. The van der Waals surface area contributed by atoms with Crippen LogP contribution >= 0.6 is 15.6 Å². The minimum absolute atomic E-state index is 0.103. The van der Waals surface area contributed by atoms with Crippen molar-refractivity contribution >= 4 is 39.5 Å². The Hall–Kier alpha value is -1.94. The molecule has 0 radical (unpaired) electrons. The van der Waals surface area contributed by atoms with Gasteiger partial charge in [0.1, 0.15) is 19.3 Å². The van der Waals surface area contributed by atoms with Crippen molar-refractivity contribution in [3.63, 3.8) is 0 Å². The number of aliphatic hydroxyl groups is 1. The Bertz CT molecular complexity index is 1680. The van der Waals surface area contributed by atoms with Crippen molar-refractivity contribution in [1.82, 2.24) is 0 Å². The van der Waals surface area contributed by atoms with Crippen LogP contribution in [0.5, 0.6) is 0 Å². The lowest BCUT2D eigenvalue weighted by Gasteiger charge is -2.21. The number of carbonyl (C=O) groups excluding carboxylic acids is 4. The van der Waals surface area contributed by atoms with E-state index in [1.54, 1.807) is 0 Å². The first-order valence-electron chi connectivity index (χ1n) is 34.4. The van der Waals surface area contributed by atoms with Crippen LogP contribution in [0.3, 0.4) is 0 Å². The van der Waals surface area contributed by atoms with Gasteiger partial charge in [-0.15, -0.1) is 0 Å². The van der Waals surface area contributed by atoms with Crippen molar-refractivity contribution in [2.45, 2.75) is 343 Å². The van der Waals surface area contributed by atoms with Crippen LogP contribution in [0.4, 0.5) is 0 Å². The zero-order valence-corrected chi connectivity index (χ0v) is 56.9. The minimum Gasteiger partial charge on any atom is -0.462 e. The second-order valence-electron chi connectivity index (χ2n) is 25.1. The SMILES string of the molecule is CCCCCCCCCCCC(=O)OC[C@H](COP(=O)(O)OC[C@H](O)COP(=O)(O)OC[C@@H](COC(=O)CCCCCCCCCCC(C)C)OC(=O)CCCCCCCCCCCCCCC(C)C)OC(=O)CCCCCCCCC(C)CC. The Morgan fingerprint density at radius 2 is 0.600 bits per heavy atom. The summed E-state index contributed by atoms with van der Waals surface area (Å²) in [5.41, 5.74) is 0. The zero-order valence-electron chi connectivity index (χ0n) is 55.1. The molecule has 3 unspecified atom stereocenters. The largest absolute Gasteiger partial charge is 0.472 e. The summed E-state index contributed by atoms with van der Waals surface area (Å²) >= 11 is 0. The molecule has 3 N–H and O–H groups in total. The first-order valence-corrected chi connectivity index (χ1v) is 37.4. The van der Waals surface area contributed by atoms with Crippen molar-refractivity contribution in [2.75, 3.05) is 39.6 Å². The number of aliphatic hydroxyl groups excluding tert-OH is 1. The van der Waals surface area contributed by atoms with Gasteiger partial charge in [-0.25, -0.2) is 9.13 Å². The molecule has 0 heterocycles. The van der Waals surface area contributed by atoms with Gasteiger partial charge in [0.2, 0.25) is 0 Å². The molecule has 85 heavy (non-hydrogen) atoms. The third-order valence-electron chi connectivity index (χ3n) is 15.5. The van der Waals surface area contributed by atoms with Gasteiger partial charge in [-0.3, -0.25) is 37.3 Å². The molecule has 0 rings (SSSR count). The molecule has 0 fully saturated rings. The summed E-state index contributed by atoms with van der Waals surface area (Å²) in [6.45, 7) is 11.7. The average Bonchev–Trinajstić information content (AvgIpc) is 3.58. The van der Waals surface area contributed by atoms with Gasteiger partial charge in [0.05, 0.1) is 26.4 Å². The Balaban J connectivity index is 5.24. The predicted octanol–water partition coefficient (Wildman–Crippen LogP) is 18.3. The third kappa shape index (κ3) is 59.5. The van der Waals surface area contributed by atoms with Crippen molar-refractivity contribution < 1.29 is 80.2 Å². The summed E-state index contributed by atoms with van der Waals surface area (Å²) in [5.74, 6) is 0.0872. The van der Waals surface area contributed by atoms with Crippen LogP contribution in [0, 0.1) is 17.8 Å². The predicted molar refractivity (Wildman–Crippen MR) is 340 cm³/mol. The van der Waals surface area contributed by atoms with Gasteiger partial charge in [-0.1, -0.05) is 273 Å². The normalized spacial score (nSPS) is 14.6. The van der Waals surface area contributed by atoms with Gasteiger partial charge < -0.3 is 33.8 Å². The second-order valence-corrected chi connectivity index (χ2v) is 28.0. The highest BCUT2D eigenvalue weighted by Gasteiger charge is 2.30. The lowest BCUT2D eigenvalue weighted by atomic mass is 10.00. The fourth-order valence-corrected chi connectivity index (χ4v) is 11.4. The molecular formula is C66H128O17P2. The van der Waals surface area contributed by atoms with E-state index >= 15 is 0 Å². The van der Waals surface area contributed by atoms with Gasteiger partial charge in [0.15, 0.2) is 12.2 Å². The fourth-order valence-electron chi connectivity index (χ4n) is 9.80. The van der Waals surface area contributed by atoms with Crippen molar-refractivity contribution in [3.05, 3.63) is 0 Å². The number of esters is 4. The molecule has 19 heteroatoms. The molecule has 17 nitrogen and oxygen atoms in total. The minimum atomic E-state index is -4.95.